The van der Waals surface area contributed by atoms with E-state index < -0.39 is 0 Å². The summed E-state index contributed by atoms with van der Waals surface area (Å²) in [6.07, 6.45) is 0. The van der Waals surface area contributed by atoms with Crippen LogP contribution in [0.15, 0.2) is 24.3 Å². The number of nitrogens with zero attached hydrogens (tertiary/aromatic N) is 1. The Kier molecular flexibility index (Phi) is 5.65. The smallest absolute Gasteiger partial charge is 0.323 e. The van der Waals surface area contributed by atoms with E-state index in [-0.39, 0.29) is 12.0 Å². The average Bonchev–Trinajstić information content (AvgIpc) is 2.38. The number of ether oxygens (including phenoxy) is 2. The van der Waals surface area contributed by atoms with Crippen molar-refractivity contribution in [1.29, 1.82) is 0 Å². The van der Waals surface area contributed by atoms with Crippen LogP contribution in [0.5, 0.6) is 5.75 Å². The molecule has 0 bridgehead atoms. The van der Waals surface area contributed by atoms with Gasteiger partial charge in [0.1, 0.15) is 11.8 Å². The van der Waals surface area contributed by atoms with Crippen LogP contribution in [0.4, 0.5) is 0 Å². The van der Waals surface area contributed by atoms with E-state index in [1.807, 2.05) is 50.1 Å². The largest absolute Gasteiger partial charge is 0.496 e. The molecule has 0 spiro atoms. The Labute approximate surface area is 108 Å². The van der Waals surface area contributed by atoms with Crippen LogP contribution < -0.4 is 4.74 Å². The zero-order valence-electron chi connectivity index (χ0n) is 11.5. The highest BCUT2D eigenvalue weighted by atomic mass is 16.5. The van der Waals surface area contributed by atoms with E-state index in [0.717, 1.165) is 11.3 Å². The van der Waals surface area contributed by atoms with Crippen LogP contribution in [0.2, 0.25) is 0 Å². The van der Waals surface area contributed by atoms with Gasteiger partial charge in [-0.3, -0.25) is 9.69 Å². The predicted molar refractivity (Wildman–Crippen MR) is 70.6 cm³/mol. The van der Waals surface area contributed by atoms with E-state index in [9.17, 15) is 4.79 Å². The van der Waals surface area contributed by atoms with Crippen molar-refractivity contribution < 1.29 is 14.3 Å². The maximum atomic E-state index is 11.6. The van der Waals surface area contributed by atoms with Crippen molar-refractivity contribution in [3.05, 3.63) is 29.8 Å². The van der Waals surface area contributed by atoms with Gasteiger partial charge >= 0.3 is 5.97 Å². The Hall–Kier alpha value is -1.55. The van der Waals surface area contributed by atoms with E-state index in [0.29, 0.717) is 13.2 Å². The van der Waals surface area contributed by atoms with Crippen LogP contribution in [-0.4, -0.2) is 37.7 Å². The number of esters is 1. The van der Waals surface area contributed by atoms with Gasteiger partial charge in [0, 0.05) is 12.1 Å². The zero-order chi connectivity index (χ0) is 13.5. The molecule has 0 saturated carbocycles. The molecule has 4 nitrogen and oxygen atoms in total. The molecule has 0 amide bonds. The van der Waals surface area contributed by atoms with Crippen LogP contribution in [0.3, 0.4) is 0 Å². The first kappa shape index (κ1) is 14.5. The molecular weight excluding hydrogens is 230 g/mol. The minimum atomic E-state index is -0.269. The topological polar surface area (TPSA) is 38.8 Å². The molecule has 100 valence electrons. The number of hydrogen-bond donors (Lipinski definition) is 0. The van der Waals surface area contributed by atoms with Crippen molar-refractivity contribution in [1.82, 2.24) is 4.90 Å². The summed E-state index contributed by atoms with van der Waals surface area (Å²) in [6, 6.07) is 7.53. The van der Waals surface area contributed by atoms with Crippen molar-refractivity contribution in [2.24, 2.45) is 0 Å². The van der Waals surface area contributed by atoms with Gasteiger partial charge in [-0.1, -0.05) is 18.2 Å². The number of benzene rings is 1. The average molecular weight is 251 g/mol. The van der Waals surface area contributed by atoms with E-state index >= 15 is 0 Å². The van der Waals surface area contributed by atoms with Gasteiger partial charge < -0.3 is 9.47 Å². The van der Waals surface area contributed by atoms with Gasteiger partial charge in [0.15, 0.2) is 0 Å². The minimum Gasteiger partial charge on any atom is -0.496 e. The van der Waals surface area contributed by atoms with Gasteiger partial charge in [-0.15, -0.1) is 0 Å². The van der Waals surface area contributed by atoms with Gasteiger partial charge in [-0.25, -0.2) is 0 Å². The van der Waals surface area contributed by atoms with E-state index in [2.05, 4.69) is 0 Å². The molecular formula is C14H21NO3. The number of carbonyl (C=O) groups is 1. The first-order valence-corrected chi connectivity index (χ1v) is 6.08. The Balaban J connectivity index is 2.69. The molecule has 1 rings (SSSR count). The maximum absolute atomic E-state index is 11.6. The highest BCUT2D eigenvalue weighted by molar-refractivity contribution is 5.75. The molecule has 1 unspecified atom stereocenters. The van der Waals surface area contributed by atoms with E-state index in [4.69, 9.17) is 9.47 Å². The van der Waals surface area contributed by atoms with Gasteiger partial charge in [-0.2, -0.15) is 0 Å². The summed E-state index contributed by atoms with van der Waals surface area (Å²) < 4.78 is 10.3. The molecule has 1 aromatic rings. The van der Waals surface area contributed by atoms with Crippen molar-refractivity contribution in [2.45, 2.75) is 26.4 Å². The molecule has 0 N–H and O–H groups in total. The minimum absolute atomic E-state index is 0.199. The Morgan fingerprint density at radius 2 is 2.06 bits per heavy atom. The van der Waals surface area contributed by atoms with Crippen LogP contribution in [0.1, 0.15) is 19.4 Å². The van der Waals surface area contributed by atoms with E-state index in [1.165, 1.54) is 0 Å². The third-order valence-electron chi connectivity index (χ3n) is 2.90. The summed E-state index contributed by atoms with van der Waals surface area (Å²) >= 11 is 0. The fourth-order valence-corrected chi connectivity index (χ4v) is 1.68. The number of rotatable bonds is 6. The summed E-state index contributed by atoms with van der Waals surface area (Å²) in [6.45, 7) is 4.70. The second kappa shape index (κ2) is 7.01. The summed E-state index contributed by atoms with van der Waals surface area (Å²) in [7, 11) is 3.54. The van der Waals surface area contributed by atoms with E-state index in [1.54, 1.807) is 7.11 Å². The Bertz CT molecular complexity index is 392. The molecule has 1 aromatic carbocycles. The lowest BCUT2D eigenvalue weighted by molar-refractivity contribution is -0.148. The molecule has 0 aliphatic rings. The summed E-state index contributed by atoms with van der Waals surface area (Å²) in [5, 5.41) is 0. The lowest BCUT2D eigenvalue weighted by atomic mass is 10.1. The molecule has 0 aromatic heterocycles. The molecule has 0 aliphatic carbocycles. The van der Waals surface area contributed by atoms with Gasteiger partial charge in [0.2, 0.25) is 0 Å². The highest BCUT2D eigenvalue weighted by Gasteiger charge is 2.19. The fourth-order valence-electron chi connectivity index (χ4n) is 1.68. The van der Waals surface area contributed by atoms with Gasteiger partial charge in [0.05, 0.1) is 13.7 Å². The first-order valence-electron chi connectivity index (χ1n) is 6.08. The summed E-state index contributed by atoms with van der Waals surface area (Å²) in [4.78, 5) is 13.6. The SMILES string of the molecule is CCOC(=O)C(C)N(C)Cc1ccccc1OC. The molecule has 4 heteroatoms. The van der Waals surface area contributed by atoms with Crippen molar-refractivity contribution in [3.63, 3.8) is 0 Å². The lowest BCUT2D eigenvalue weighted by Crippen LogP contribution is -2.36. The van der Waals surface area contributed by atoms with Gasteiger partial charge in [0.25, 0.3) is 0 Å². The lowest BCUT2D eigenvalue weighted by Gasteiger charge is -2.23. The normalized spacial score (nSPS) is 12.3. The third-order valence-corrected chi connectivity index (χ3v) is 2.90. The standard InChI is InChI=1S/C14H21NO3/c1-5-18-14(16)11(2)15(3)10-12-8-6-7-9-13(12)17-4/h6-9,11H,5,10H2,1-4H3. The number of hydrogen-bond acceptors (Lipinski definition) is 4. The van der Waals surface area contributed by atoms with Crippen LogP contribution in [-0.2, 0) is 16.1 Å². The third kappa shape index (κ3) is 3.74. The predicted octanol–water partition coefficient (Wildman–Crippen LogP) is 2.08. The molecule has 0 fully saturated rings. The second-order valence-corrected chi connectivity index (χ2v) is 4.15. The van der Waals surface area contributed by atoms with Crippen LogP contribution >= 0.6 is 0 Å². The second-order valence-electron chi connectivity index (χ2n) is 4.15. The Morgan fingerprint density at radius 1 is 1.39 bits per heavy atom. The number of carbonyl (C=O) groups excluding carboxylic acids is 1. The molecule has 18 heavy (non-hydrogen) atoms. The fraction of sp³-hybridized carbons (Fsp3) is 0.500. The molecule has 0 radical (unpaired) electrons. The summed E-state index contributed by atoms with van der Waals surface area (Å²) in [5.74, 6) is 0.635. The number of likely N-dealkylation sites (N-methyl/N-ethyl adjacent to an activating group) is 1. The van der Waals surface area contributed by atoms with Crippen molar-refractivity contribution in [2.75, 3.05) is 20.8 Å². The maximum Gasteiger partial charge on any atom is 0.323 e. The van der Waals surface area contributed by atoms with Crippen LogP contribution in [0, 0.1) is 0 Å². The Morgan fingerprint density at radius 3 is 2.67 bits per heavy atom. The highest BCUT2D eigenvalue weighted by Crippen LogP contribution is 2.19. The van der Waals surface area contributed by atoms with Gasteiger partial charge in [-0.05, 0) is 27.0 Å². The quantitative estimate of drug-likeness (QED) is 0.726. The molecule has 0 saturated heterocycles. The first-order chi connectivity index (χ1) is 8.60. The monoisotopic (exact) mass is 251 g/mol. The molecule has 0 heterocycles. The van der Waals surface area contributed by atoms with Crippen molar-refractivity contribution >= 4 is 5.97 Å². The van der Waals surface area contributed by atoms with Crippen molar-refractivity contribution in [3.8, 4) is 5.75 Å². The zero-order valence-corrected chi connectivity index (χ0v) is 11.5. The number of para-hydroxylation sites is 1. The number of methoxy groups -OCH3 is 1. The molecule has 0 aliphatic heterocycles. The van der Waals surface area contributed by atoms with Crippen LogP contribution in [0.25, 0.3) is 0 Å². The summed E-state index contributed by atoms with van der Waals surface area (Å²) in [5.41, 5.74) is 1.05. The molecule has 1 atom stereocenters.